The molecule has 19 heavy (non-hydrogen) atoms. The second kappa shape index (κ2) is 5.24. The van der Waals surface area contributed by atoms with Gasteiger partial charge in [0.15, 0.2) is 0 Å². The van der Waals surface area contributed by atoms with E-state index in [9.17, 15) is 0 Å². The van der Waals surface area contributed by atoms with Gasteiger partial charge < -0.3 is 14.3 Å². The molecule has 0 saturated carbocycles. The molecule has 2 aromatic heterocycles. The van der Waals surface area contributed by atoms with Crippen molar-refractivity contribution in [1.29, 1.82) is 0 Å². The van der Waals surface area contributed by atoms with Gasteiger partial charge in [-0.15, -0.1) is 0 Å². The van der Waals surface area contributed by atoms with Crippen LogP contribution in [0.3, 0.4) is 0 Å². The molecule has 0 aliphatic rings. The van der Waals surface area contributed by atoms with E-state index in [0.29, 0.717) is 11.7 Å². The molecule has 0 fully saturated rings. The van der Waals surface area contributed by atoms with Crippen LogP contribution in [-0.2, 0) is 6.42 Å². The molecule has 5 nitrogen and oxygen atoms in total. The highest BCUT2D eigenvalue weighted by atomic mass is 16.5. The van der Waals surface area contributed by atoms with Gasteiger partial charge >= 0.3 is 0 Å². The predicted molar refractivity (Wildman–Crippen MR) is 71.8 cm³/mol. The largest absolute Gasteiger partial charge is 0.464 e. The molecule has 1 N–H and O–H groups in total. The molecule has 0 aliphatic carbocycles. The molecular formula is C14H15N3O2. The zero-order valence-electron chi connectivity index (χ0n) is 10.7. The molecule has 0 saturated heterocycles. The Balaban J connectivity index is 1.86. The highest BCUT2D eigenvalue weighted by molar-refractivity contribution is 5.91. The molecule has 0 atom stereocenters. The number of nitrogens with zero attached hydrogens (tertiary/aromatic N) is 2. The van der Waals surface area contributed by atoms with Crippen molar-refractivity contribution in [3.63, 3.8) is 0 Å². The Labute approximate surface area is 110 Å². The maximum atomic E-state index is 5.48. The van der Waals surface area contributed by atoms with Gasteiger partial charge in [0, 0.05) is 18.4 Å². The number of aromatic nitrogens is 2. The molecule has 2 heterocycles. The van der Waals surface area contributed by atoms with Crippen LogP contribution in [0.2, 0.25) is 0 Å². The monoisotopic (exact) mass is 257 g/mol. The molecule has 0 spiro atoms. The second-order valence-corrected chi connectivity index (χ2v) is 4.26. The van der Waals surface area contributed by atoms with Crippen LogP contribution in [-0.4, -0.2) is 23.2 Å². The Morgan fingerprint density at radius 3 is 3.05 bits per heavy atom. The van der Waals surface area contributed by atoms with Crippen molar-refractivity contribution in [1.82, 2.24) is 15.5 Å². The lowest BCUT2D eigenvalue weighted by Crippen LogP contribution is -2.16. The van der Waals surface area contributed by atoms with Gasteiger partial charge in [-0.05, 0) is 12.6 Å². The first kappa shape index (κ1) is 11.9. The summed E-state index contributed by atoms with van der Waals surface area (Å²) in [5.74, 6) is 1.22. The Morgan fingerprint density at radius 1 is 1.26 bits per heavy atom. The summed E-state index contributed by atoms with van der Waals surface area (Å²) in [6.45, 7) is 3.84. The molecule has 0 amide bonds. The number of furan rings is 1. The van der Waals surface area contributed by atoms with Gasteiger partial charge in [-0.3, -0.25) is 0 Å². The maximum Gasteiger partial charge on any atom is 0.228 e. The van der Waals surface area contributed by atoms with Gasteiger partial charge in [0.2, 0.25) is 11.7 Å². The normalized spacial score (nSPS) is 11.2. The summed E-state index contributed by atoms with van der Waals surface area (Å²) in [6, 6.07) is 7.81. The summed E-state index contributed by atoms with van der Waals surface area (Å²) in [5, 5.41) is 8.24. The van der Waals surface area contributed by atoms with E-state index < -0.39 is 0 Å². The van der Waals surface area contributed by atoms with Crippen LogP contribution in [0.4, 0.5) is 0 Å². The standard InChI is InChI=1S/C14H15N3O2/c1-2-15-8-7-13-16-14(17-19-13)11-9-18-12-6-4-3-5-10(11)12/h3-6,9,15H,2,7-8H2,1H3. The molecule has 98 valence electrons. The van der Waals surface area contributed by atoms with Crippen LogP contribution in [0.1, 0.15) is 12.8 Å². The topological polar surface area (TPSA) is 64.1 Å². The molecule has 0 radical (unpaired) electrons. The maximum absolute atomic E-state index is 5.48. The van der Waals surface area contributed by atoms with E-state index in [-0.39, 0.29) is 0 Å². The van der Waals surface area contributed by atoms with Gasteiger partial charge in [-0.1, -0.05) is 30.3 Å². The number of hydrogen-bond donors (Lipinski definition) is 1. The first-order valence-electron chi connectivity index (χ1n) is 6.38. The lowest BCUT2D eigenvalue weighted by atomic mass is 10.2. The minimum atomic E-state index is 0.580. The lowest BCUT2D eigenvalue weighted by molar-refractivity contribution is 0.377. The number of rotatable bonds is 5. The third-order valence-corrected chi connectivity index (χ3v) is 2.96. The average Bonchev–Trinajstić information content (AvgIpc) is 3.05. The summed E-state index contributed by atoms with van der Waals surface area (Å²) in [7, 11) is 0. The summed E-state index contributed by atoms with van der Waals surface area (Å²) in [6.07, 6.45) is 2.40. The van der Waals surface area contributed by atoms with Crippen LogP contribution in [0.5, 0.6) is 0 Å². The van der Waals surface area contributed by atoms with Gasteiger partial charge in [0.25, 0.3) is 0 Å². The number of benzene rings is 1. The third-order valence-electron chi connectivity index (χ3n) is 2.96. The van der Waals surface area contributed by atoms with E-state index in [2.05, 4.69) is 22.4 Å². The van der Waals surface area contributed by atoms with E-state index in [1.807, 2.05) is 24.3 Å². The predicted octanol–water partition coefficient (Wildman–Crippen LogP) is 2.63. The average molecular weight is 257 g/mol. The first-order chi connectivity index (χ1) is 9.38. The van der Waals surface area contributed by atoms with Crippen molar-refractivity contribution < 1.29 is 8.94 Å². The molecule has 0 unspecified atom stereocenters. The van der Waals surface area contributed by atoms with Crippen molar-refractivity contribution in [2.24, 2.45) is 0 Å². The zero-order chi connectivity index (χ0) is 13.1. The SMILES string of the molecule is CCNCCc1nc(-c2coc3ccccc23)no1. The fraction of sp³-hybridized carbons (Fsp3) is 0.286. The van der Waals surface area contributed by atoms with Gasteiger partial charge in [-0.2, -0.15) is 4.98 Å². The minimum Gasteiger partial charge on any atom is -0.464 e. The number of likely N-dealkylation sites (N-methyl/N-ethyl adjacent to an activating group) is 1. The second-order valence-electron chi connectivity index (χ2n) is 4.26. The number of nitrogens with one attached hydrogen (secondary N) is 1. The molecular weight excluding hydrogens is 242 g/mol. The van der Waals surface area contributed by atoms with Gasteiger partial charge in [-0.25, -0.2) is 0 Å². The number of hydrogen-bond acceptors (Lipinski definition) is 5. The van der Waals surface area contributed by atoms with E-state index in [1.54, 1.807) is 6.26 Å². The fourth-order valence-corrected chi connectivity index (χ4v) is 1.99. The van der Waals surface area contributed by atoms with Crippen molar-refractivity contribution in [2.45, 2.75) is 13.3 Å². The molecule has 3 aromatic rings. The molecule has 1 aromatic carbocycles. The highest BCUT2D eigenvalue weighted by Crippen LogP contribution is 2.28. The molecule has 0 bridgehead atoms. The lowest BCUT2D eigenvalue weighted by Gasteiger charge is -1.95. The number of para-hydroxylation sites is 1. The van der Waals surface area contributed by atoms with E-state index in [0.717, 1.165) is 36.0 Å². The van der Waals surface area contributed by atoms with Crippen molar-refractivity contribution in [3.05, 3.63) is 36.4 Å². The smallest absolute Gasteiger partial charge is 0.228 e. The van der Waals surface area contributed by atoms with E-state index in [4.69, 9.17) is 8.94 Å². The number of fused-ring (bicyclic) bond motifs is 1. The van der Waals surface area contributed by atoms with Crippen LogP contribution in [0.15, 0.2) is 39.5 Å². The Morgan fingerprint density at radius 2 is 2.16 bits per heavy atom. The molecule has 3 rings (SSSR count). The fourth-order valence-electron chi connectivity index (χ4n) is 1.99. The van der Waals surface area contributed by atoms with Gasteiger partial charge in [0.1, 0.15) is 11.8 Å². The Kier molecular flexibility index (Phi) is 3.29. The van der Waals surface area contributed by atoms with Gasteiger partial charge in [0.05, 0.1) is 5.56 Å². The summed E-state index contributed by atoms with van der Waals surface area (Å²) < 4.78 is 10.7. The molecule has 0 aliphatic heterocycles. The summed E-state index contributed by atoms with van der Waals surface area (Å²) >= 11 is 0. The Hall–Kier alpha value is -2.14. The minimum absolute atomic E-state index is 0.580. The van der Waals surface area contributed by atoms with E-state index >= 15 is 0 Å². The zero-order valence-corrected chi connectivity index (χ0v) is 10.7. The van der Waals surface area contributed by atoms with Crippen LogP contribution in [0.25, 0.3) is 22.4 Å². The summed E-state index contributed by atoms with van der Waals surface area (Å²) in [5.41, 5.74) is 1.70. The quantitative estimate of drug-likeness (QED) is 0.712. The summed E-state index contributed by atoms with van der Waals surface area (Å²) in [4.78, 5) is 4.40. The molecule has 5 heteroatoms. The third kappa shape index (κ3) is 2.37. The first-order valence-corrected chi connectivity index (χ1v) is 6.38. The van der Waals surface area contributed by atoms with Crippen LogP contribution in [0, 0.1) is 0 Å². The van der Waals surface area contributed by atoms with Crippen LogP contribution >= 0.6 is 0 Å². The van der Waals surface area contributed by atoms with Crippen LogP contribution < -0.4 is 5.32 Å². The van der Waals surface area contributed by atoms with Crippen molar-refractivity contribution in [2.75, 3.05) is 13.1 Å². The Bertz CT molecular complexity index is 672. The van der Waals surface area contributed by atoms with Crippen molar-refractivity contribution >= 4 is 11.0 Å². The van der Waals surface area contributed by atoms with Crippen molar-refractivity contribution in [3.8, 4) is 11.4 Å². The van der Waals surface area contributed by atoms with E-state index in [1.165, 1.54) is 0 Å². The highest BCUT2D eigenvalue weighted by Gasteiger charge is 2.13.